The van der Waals surface area contributed by atoms with Gasteiger partial charge in [0.25, 0.3) is 0 Å². The van der Waals surface area contributed by atoms with Gasteiger partial charge in [-0.15, -0.1) is 0 Å². The van der Waals surface area contributed by atoms with Crippen LogP contribution < -0.4 is 0 Å². The highest BCUT2D eigenvalue weighted by atomic mass is 15.3. The van der Waals surface area contributed by atoms with Crippen molar-refractivity contribution in [3.63, 3.8) is 0 Å². The number of hydrogen-bond donors (Lipinski definition) is 0. The second-order valence-electron chi connectivity index (χ2n) is 14.4. The predicted octanol–water partition coefficient (Wildman–Crippen LogP) is 6.77. The van der Waals surface area contributed by atoms with Gasteiger partial charge < -0.3 is 4.90 Å². The Kier molecular flexibility index (Phi) is 16.7. The molecule has 2 atom stereocenters. The molecule has 4 aliphatic heterocycles. The molecular formula is C34H73N5. The maximum atomic E-state index is 2.75. The minimum atomic E-state index is 0. The Morgan fingerprint density at radius 1 is 0.410 bits per heavy atom. The van der Waals surface area contributed by atoms with Crippen molar-refractivity contribution in [2.75, 3.05) is 52.4 Å². The number of likely N-dealkylation sites (tertiary alicyclic amines) is 2. The van der Waals surface area contributed by atoms with Crippen molar-refractivity contribution in [2.24, 2.45) is 11.8 Å². The summed E-state index contributed by atoms with van der Waals surface area (Å²) in [4.78, 5) is 13.1. The monoisotopic (exact) mass is 552 g/mol. The standard InChI is InChI=1S/C12H24N2.C11H23N.C10H22N2.CH4/c1-9(2)13-7-11-5-6-12(8-13)14(11)10(3)4;2*1-9(2)11-5-7-12(8-6-11)10(3)4;/h9-12H,5-8H2,1-4H3;9-11H,5-8H2,1-4H3;9-10H,5-8H2,1-4H3;1H4. The van der Waals surface area contributed by atoms with E-state index in [0.29, 0.717) is 0 Å². The van der Waals surface area contributed by atoms with E-state index in [-0.39, 0.29) is 7.43 Å². The summed E-state index contributed by atoms with van der Waals surface area (Å²) in [6.07, 6.45) is 5.67. The molecule has 0 aromatic carbocycles. The number of piperazine rings is 2. The van der Waals surface area contributed by atoms with Crippen LogP contribution in [-0.2, 0) is 0 Å². The smallest absolute Gasteiger partial charge is 0.0230 e. The average Bonchev–Trinajstić information content (AvgIpc) is 3.14. The van der Waals surface area contributed by atoms with E-state index in [2.05, 4.69) is 108 Å². The van der Waals surface area contributed by atoms with Gasteiger partial charge in [0.2, 0.25) is 0 Å². The number of nitrogens with zero attached hydrogens (tertiary/aromatic N) is 5. The van der Waals surface area contributed by atoms with Crippen LogP contribution in [0, 0.1) is 11.8 Å². The third-order valence-electron chi connectivity index (χ3n) is 9.95. The zero-order valence-electron chi connectivity index (χ0n) is 27.9. The van der Waals surface area contributed by atoms with Crippen LogP contribution in [-0.4, -0.2) is 119 Å². The zero-order chi connectivity index (χ0) is 28.6. The minimum absolute atomic E-state index is 0. The van der Waals surface area contributed by atoms with E-state index < -0.39 is 0 Å². The minimum Gasteiger partial charge on any atom is -0.301 e. The fourth-order valence-electron chi connectivity index (χ4n) is 7.11. The topological polar surface area (TPSA) is 16.2 Å². The molecule has 0 saturated carbocycles. The third kappa shape index (κ3) is 11.5. The highest BCUT2D eigenvalue weighted by molar-refractivity contribution is 4.97. The van der Waals surface area contributed by atoms with Crippen molar-refractivity contribution in [2.45, 2.75) is 158 Å². The number of fused-ring (bicyclic) bond motifs is 2. The zero-order valence-corrected chi connectivity index (χ0v) is 27.9. The molecule has 0 amide bonds. The maximum Gasteiger partial charge on any atom is 0.0230 e. The van der Waals surface area contributed by atoms with E-state index in [1.54, 1.807) is 0 Å². The lowest BCUT2D eigenvalue weighted by molar-refractivity contribution is 0.0292. The van der Waals surface area contributed by atoms with Crippen LogP contribution in [0.15, 0.2) is 0 Å². The van der Waals surface area contributed by atoms with Gasteiger partial charge in [0.05, 0.1) is 0 Å². The first-order chi connectivity index (χ1) is 17.8. The van der Waals surface area contributed by atoms with Crippen LogP contribution in [0.5, 0.6) is 0 Å². The largest absolute Gasteiger partial charge is 0.301 e. The summed E-state index contributed by atoms with van der Waals surface area (Å²) in [7, 11) is 0. The first-order valence-electron chi connectivity index (χ1n) is 16.5. The lowest BCUT2D eigenvalue weighted by Crippen LogP contribution is -2.57. The molecule has 5 heteroatoms. The summed E-state index contributed by atoms with van der Waals surface area (Å²) in [6, 6.07) is 5.35. The maximum absolute atomic E-state index is 2.75. The van der Waals surface area contributed by atoms with Gasteiger partial charge in [-0.2, -0.15) is 0 Å². The van der Waals surface area contributed by atoms with Gasteiger partial charge in [0.15, 0.2) is 0 Å². The Morgan fingerprint density at radius 2 is 0.744 bits per heavy atom. The molecule has 5 nitrogen and oxygen atoms in total. The first kappa shape index (κ1) is 36.8. The van der Waals surface area contributed by atoms with Crippen LogP contribution in [0.25, 0.3) is 0 Å². The van der Waals surface area contributed by atoms with E-state index in [9.17, 15) is 0 Å². The predicted molar refractivity (Wildman–Crippen MR) is 175 cm³/mol. The molecule has 2 unspecified atom stereocenters. The van der Waals surface area contributed by atoms with Crippen molar-refractivity contribution in [1.29, 1.82) is 0 Å². The summed E-state index contributed by atoms with van der Waals surface area (Å²) in [5.41, 5.74) is 0. The van der Waals surface area contributed by atoms with Crippen LogP contribution in [0.2, 0.25) is 0 Å². The van der Waals surface area contributed by atoms with Gasteiger partial charge in [-0.1, -0.05) is 21.3 Å². The summed E-state index contributed by atoms with van der Waals surface area (Å²) in [5, 5.41) is 0. The first-order valence-corrected chi connectivity index (χ1v) is 16.5. The molecular weight excluding hydrogens is 478 g/mol. The fourth-order valence-corrected chi connectivity index (χ4v) is 7.11. The Morgan fingerprint density at radius 3 is 1.03 bits per heavy atom. The second kappa shape index (κ2) is 17.7. The van der Waals surface area contributed by atoms with Crippen LogP contribution >= 0.6 is 0 Å². The van der Waals surface area contributed by atoms with Gasteiger partial charge in [-0.25, -0.2) is 0 Å². The van der Waals surface area contributed by atoms with E-state index in [1.807, 2.05) is 0 Å². The third-order valence-corrected chi connectivity index (χ3v) is 9.95. The average molecular weight is 552 g/mol. The van der Waals surface area contributed by atoms with Crippen molar-refractivity contribution in [1.82, 2.24) is 24.5 Å². The van der Waals surface area contributed by atoms with Gasteiger partial charge in [-0.05, 0) is 120 Å². The van der Waals surface area contributed by atoms with Gasteiger partial charge in [0.1, 0.15) is 0 Å². The van der Waals surface area contributed by atoms with Gasteiger partial charge >= 0.3 is 0 Å². The van der Waals surface area contributed by atoms with E-state index in [0.717, 1.165) is 54.1 Å². The van der Waals surface area contributed by atoms with Crippen molar-refractivity contribution in [3.05, 3.63) is 0 Å². The highest BCUT2D eigenvalue weighted by Gasteiger charge is 2.41. The van der Waals surface area contributed by atoms with Crippen molar-refractivity contribution >= 4 is 0 Å². The molecule has 0 spiro atoms. The lowest BCUT2D eigenvalue weighted by atomic mass is 9.86. The molecule has 0 radical (unpaired) electrons. The molecule has 2 bridgehead atoms. The van der Waals surface area contributed by atoms with Gasteiger partial charge in [0, 0.05) is 81.6 Å². The summed E-state index contributed by atoms with van der Waals surface area (Å²) >= 11 is 0. The molecule has 4 rings (SSSR count). The Hall–Kier alpha value is -0.200. The molecule has 0 aliphatic carbocycles. The molecule has 4 fully saturated rings. The van der Waals surface area contributed by atoms with E-state index in [4.69, 9.17) is 0 Å². The van der Waals surface area contributed by atoms with Crippen molar-refractivity contribution in [3.8, 4) is 0 Å². The molecule has 4 saturated heterocycles. The van der Waals surface area contributed by atoms with E-state index in [1.165, 1.54) is 78.0 Å². The summed E-state index contributed by atoms with van der Waals surface area (Å²) < 4.78 is 0. The SMILES string of the molecule is C.CC(C)C1CCN(C(C)C)CC1.CC(C)N1CC2CCC(C1)N2C(C)C.CC(C)N1CCN(C(C)C)CC1. The normalized spacial score (nSPS) is 26.3. The number of rotatable bonds is 6. The fraction of sp³-hybridized carbons (Fsp3) is 1.00. The highest BCUT2D eigenvalue weighted by Crippen LogP contribution is 2.32. The van der Waals surface area contributed by atoms with Gasteiger partial charge in [-0.3, -0.25) is 19.6 Å². The number of hydrogen-bond acceptors (Lipinski definition) is 5. The van der Waals surface area contributed by atoms with Crippen molar-refractivity contribution < 1.29 is 0 Å². The molecule has 0 N–H and O–H groups in total. The molecule has 0 aromatic heterocycles. The quantitative estimate of drug-likeness (QED) is 0.361. The summed E-state index contributed by atoms with van der Waals surface area (Å²) in [6.45, 7) is 38.0. The molecule has 0 aromatic rings. The second-order valence-corrected chi connectivity index (χ2v) is 14.4. The Balaban J connectivity index is 0.000000290. The van der Waals surface area contributed by atoms with Crippen LogP contribution in [0.4, 0.5) is 0 Å². The molecule has 234 valence electrons. The lowest BCUT2D eigenvalue weighted by Gasteiger charge is -2.44. The van der Waals surface area contributed by atoms with E-state index >= 15 is 0 Å². The van der Waals surface area contributed by atoms with Crippen LogP contribution in [0.1, 0.15) is 116 Å². The Bertz CT molecular complexity index is 537. The molecule has 4 heterocycles. The molecule has 39 heavy (non-hydrogen) atoms. The Labute approximate surface area is 247 Å². The van der Waals surface area contributed by atoms with Crippen LogP contribution in [0.3, 0.4) is 0 Å². The summed E-state index contributed by atoms with van der Waals surface area (Å²) in [5.74, 6) is 1.87. The number of piperidine rings is 1. The molecule has 4 aliphatic rings.